The summed E-state index contributed by atoms with van der Waals surface area (Å²) in [6.07, 6.45) is 2.31. The smallest absolute Gasteiger partial charge is 0.259 e. The summed E-state index contributed by atoms with van der Waals surface area (Å²) in [7, 11) is 0. The lowest BCUT2D eigenvalue weighted by Gasteiger charge is -2.31. The third-order valence-corrected chi connectivity index (χ3v) is 5.16. The van der Waals surface area contributed by atoms with Gasteiger partial charge in [-0.1, -0.05) is 25.9 Å². The predicted molar refractivity (Wildman–Crippen MR) is 103 cm³/mol. The van der Waals surface area contributed by atoms with Gasteiger partial charge in [-0.2, -0.15) is 0 Å². The maximum atomic E-state index is 13.2. The highest BCUT2D eigenvalue weighted by atomic mass is 16.5. The van der Waals surface area contributed by atoms with Crippen LogP contribution in [0.5, 0.6) is 0 Å². The molecule has 1 fully saturated rings. The molecule has 1 aliphatic rings. The lowest BCUT2D eigenvalue weighted by molar-refractivity contribution is -0.126. The van der Waals surface area contributed by atoms with Gasteiger partial charge in [-0.3, -0.25) is 9.59 Å². The standard InChI is InChI=1S/C20H28N4O3/c1-5-8-21-18(25)14-6-9-24(10-7-14)20(26)15-11-16(12(2)3)22-19-17(15)13(4)23-27-19/h11-12,14H,5-10H2,1-4H3,(H,21,25). The Kier molecular flexibility index (Phi) is 5.77. The van der Waals surface area contributed by atoms with Crippen molar-refractivity contribution >= 4 is 22.9 Å². The minimum absolute atomic E-state index is 0.0124. The van der Waals surface area contributed by atoms with Crippen LogP contribution in [0.3, 0.4) is 0 Å². The first-order valence-electron chi connectivity index (χ1n) is 9.76. The molecule has 2 amide bonds. The number of hydrogen-bond donors (Lipinski definition) is 1. The topological polar surface area (TPSA) is 88.3 Å². The maximum Gasteiger partial charge on any atom is 0.259 e. The number of carbonyl (C=O) groups excluding carboxylic acids is 2. The van der Waals surface area contributed by atoms with E-state index >= 15 is 0 Å². The molecule has 1 aliphatic heterocycles. The number of carbonyl (C=O) groups is 2. The minimum Gasteiger partial charge on any atom is -0.356 e. The van der Waals surface area contributed by atoms with Crippen LogP contribution in [0.15, 0.2) is 10.6 Å². The first-order chi connectivity index (χ1) is 12.9. The Morgan fingerprint density at radius 3 is 2.67 bits per heavy atom. The summed E-state index contributed by atoms with van der Waals surface area (Å²) in [4.78, 5) is 31.7. The van der Waals surface area contributed by atoms with Crippen molar-refractivity contribution in [1.82, 2.24) is 20.4 Å². The molecule has 2 aromatic rings. The average molecular weight is 372 g/mol. The zero-order valence-electron chi connectivity index (χ0n) is 16.5. The molecule has 146 valence electrons. The van der Waals surface area contributed by atoms with Crippen LogP contribution in [0.25, 0.3) is 11.1 Å². The quantitative estimate of drug-likeness (QED) is 0.871. The highest BCUT2D eigenvalue weighted by molar-refractivity contribution is 6.06. The van der Waals surface area contributed by atoms with E-state index in [-0.39, 0.29) is 23.7 Å². The van der Waals surface area contributed by atoms with Crippen molar-refractivity contribution in [3.05, 3.63) is 23.0 Å². The number of piperidine rings is 1. The molecule has 27 heavy (non-hydrogen) atoms. The second-order valence-electron chi connectivity index (χ2n) is 7.56. The molecule has 1 saturated heterocycles. The molecule has 0 spiro atoms. The molecule has 0 atom stereocenters. The van der Waals surface area contributed by atoms with Gasteiger partial charge in [0.15, 0.2) is 0 Å². The average Bonchev–Trinajstić information content (AvgIpc) is 3.06. The van der Waals surface area contributed by atoms with E-state index in [0.717, 1.165) is 12.1 Å². The Bertz CT molecular complexity index is 835. The summed E-state index contributed by atoms with van der Waals surface area (Å²) >= 11 is 0. The number of pyridine rings is 1. The number of nitrogens with zero attached hydrogens (tertiary/aromatic N) is 3. The number of aryl methyl sites for hydroxylation is 1. The van der Waals surface area contributed by atoms with Crippen LogP contribution in [0.2, 0.25) is 0 Å². The zero-order chi connectivity index (χ0) is 19.6. The molecule has 7 heteroatoms. The van der Waals surface area contributed by atoms with E-state index in [4.69, 9.17) is 4.52 Å². The fourth-order valence-corrected chi connectivity index (χ4v) is 3.49. The molecule has 0 saturated carbocycles. The van der Waals surface area contributed by atoms with Crippen molar-refractivity contribution in [2.75, 3.05) is 19.6 Å². The fourth-order valence-electron chi connectivity index (χ4n) is 3.49. The first kappa shape index (κ1) is 19.3. The van der Waals surface area contributed by atoms with Crippen LogP contribution in [0.1, 0.15) is 67.7 Å². The lowest BCUT2D eigenvalue weighted by Crippen LogP contribution is -2.43. The Morgan fingerprint density at radius 1 is 1.33 bits per heavy atom. The summed E-state index contributed by atoms with van der Waals surface area (Å²) in [5.74, 6) is 0.233. The molecule has 3 heterocycles. The summed E-state index contributed by atoms with van der Waals surface area (Å²) in [5.41, 5.74) is 2.49. The van der Waals surface area contributed by atoms with Gasteiger partial charge in [0.25, 0.3) is 11.6 Å². The van der Waals surface area contributed by atoms with Gasteiger partial charge in [-0.25, -0.2) is 4.98 Å². The Hall–Kier alpha value is -2.44. The van der Waals surface area contributed by atoms with Gasteiger partial charge in [0.2, 0.25) is 5.91 Å². The Morgan fingerprint density at radius 2 is 2.04 bits per heavy atom. The van der Waals surface area contributed by atoms with Crippen LogP contribution < -0.4 is 5.32 Å². The van der Waals surface area contributed by atoms with Crippen LogP contribution in [0, 0.1) is 12.8 Å². The molecular weight excluding hydrogens is 344 g/mol. The molecule has 0 aromatic carbocycles. The molecule has 3 rings (SSSR count). The molecule has 0 unspecified atom stereocenters. The number of hydrogen-bond acceptors (Lipinski definition) is 5. The van der Waals surface area contributed by atoms with Crippen molar-refractivity contribution in [3.63, 3.8) is 0 Å². The van der Waals surface area contributed by atoms with Crippen molar-refractivity contribution in [2.24, 2.45) is 5.92 Å². The second-order valence-corrected chi connectivity index (χ2v) is 7.56. The lowest BCUT2D eigenvalue weighted by atomic mass is 9.95. The zero-order valence-corrected chi connectivity index (χ0v) is 16.5. The fraction of sp³-hybridized carbons (Fsp3) is 0.600. The van der Waals surface area contributed by atoms with Gasteiger partial charge in [0.1, 0.15) is 0 Å². The third-order valence-electron chi connectivity index (χ3n) is 5.16. The molecular formula is C20H28N4O3. The van der Waals surface area contributed by atoms with E-state index in [2.05, 4.69) is 15.5 Å². The summed E-state index contributed by atoms with van der Waals surface area (Å²) < 4.78 is 5.32. The largest absolute Gasteiger partial charge is 0.356 e. The highest BCUT2D eigenvalue weighted by Crippen LogP contribution is 2.27. The second kappa shape index (κ2) is 8.06. The van der Waals surface area contributed by atoms with Crippen molar-refractivity contribution in [2.45, 2.75) is 52.9 Å². The number of amides is 2. The first-order valence-corrected chi connectivity index (χ1v) is 9.76. The predicted octanol–water partition coefficient (Wildman–Crippen LogP) is 3.03. The summed E-state index contributed by atoms with van der Waals surface area (Å²) in [6, 6.07) is 1.86. The molecule has 1 N–H and O–H groups in total. The maximum absolute atomic E-state index is 13.2. The SMILES string of the molecule is CCCNC(=O)C1CCN(C(=O)c2cc(C(C)C)nc3onc(C)c23)CC1. The monoisotopic (exact) mass is 372 g/mol. The molecule has 0 bridgehead atoms. The van der Waals surface area contributed by atoms with Gasteiger partial charge in [0.05, 0.1) is 16.6 Å². The van der Waals surface area contributed by atoms with Crippen molar-refractivity contribution < 1.29 is 14.1 Å². The van der Waals surface area contributed by atoms with E-state index in [9.17, 15) is 9.59 Å². The van der Waals surface area contributed by atoms with Gasteiger partial charge >= 0.3 is 0 Å². The minimum atomic E-state index is -0.0389. The highest BCUT2D eigenvalue weighted by Gasteiger charge is 2.29. The van der Waals surface area contributed by atoms with Gasteiger partial charge in [-0.05, 0) is 38.2 Å². The number of aromatic nitrogens is 2. The number of fused-ring (bicyclic) bond motifs is 1. The van der Waals surface area contributed by atoms with E-state index < -0.39 is 0 Å². The number of rotatable bonds is 5. The van der Waals surface area contributed by atoms with E-state index in [0.29, 0.717) is 54.8 Å². The molecule has 0 aliphatic carbocycles. The summed E-state index contributed by atoms with van der Waals surface area (Å²) in [6.45, 7) is 9.79. The van der Waals surface area contributed by atoms with Crippen molar-refractivity contribution in [1.29, 1.82) is 0 Å². The van der Waals surface area contributed by atoms with Gasteiger partial charge in [-0.15, -0.1) is 0 Å². The van der Waals surface area contributed by atoms with E-state index in [1.807, 2.05) is 38.7 Å². The summed E-state index contributed by atoms with van der Waals surface area (Å²) in [5, 5.41) is 7.63. The van der Waals surface area contributed by atoms with Crippen LogP contribution in [0.4, 0.5) is 0 Å². The number of nitrogens with one attached hydrogen (secondary N) is 1. The van der Waals surface area contributed by atoms with E-state index in [1.54, 1.807) is 0 Å². The normalized spacial score (nSPS) is 15.5. The Labute approximate surface area is 159 Å². The molecule has 7 nitrogen and oxygen atoms in total. The van der Waals surface area contributed by atoms with Crippen LogP contribution in [-0.2, 0) is 4.79 Å². The number of likely N-dealkylation sites (tertiary alicyclic amines) is 1. The van der Waals surface area contributed by atoms with Crippen molar-refractivity contribution in [3.8, 4) is 0 Å². The molecule has 2 aromatic heterocycles. The van der Waals surface area contributed by atoms with Gasteiger partial charge < -0.3 is 14.7 Å². The third kappa shape index (κ3) is 3.96. The van der Waals surface area contributed by atoms with Crippen LogP contribution >= 0.6 is 0 Å². The van der Waals surface area contributed by atoms with Gasteiger partial charge in [0, 0.05) is 31.2 Å². The Balaban J connectivity index is 1.79. The van der Waals surface area contributed by atoms with Crippen LogP contribution in [-0.4, -0.2) is 46.5 Å². The van der Waals surface area contributed by atoms with E-state index in [1.165, 1.54) is 0 Å². The molecule has 0 radical (unpaired) electrons.